The van der Waals surface area contributed by atoms with Crippen LogP contribution in [0.4, 0.5) is 0 Å². The minimum absolute atomic E-state index is 0.694. The monoisotopic (exact) mass is 738 g/mol. The first-order valence-electron chi connectivity index (χ1n) is 19.7. The summed E-state index contributed by atoms with van der Waals surface area (Å²) in [7, 11) is 0. The molecule has 4 heteroatoms. The van der Waals surface area contributed by atoms with Gasteiger partial charge in [-0.25, -0.2) is 9.97 Å². The molecule has 12 aromatic rings. The zero-order chi connectivity index (χ0) is 38.2. The van der Waals surface area contributed by atoms with Crippen molar-refractivity contribution in [1.29, 1.82) is 0 Å². The summed E-state index contributed by atoms with van der Waals surface area (Å²) in [4.78, 5) is 10.8. The number of nitrogens with zero attached hydrogens (tertiary/aromatic N) is 4. The molecule has 4 nitrogen and oxygen atoms in total. The lowest BCUT2D eigenvalue weighted by Gasteiger charge is -2.15. The third-order valence-corrected chi connectivity index (χ3v) is 11.7. The molecule has 0 N–H and O–H groups in total. The van der Waals surface area contributed by atoms with Gasteiger partial charge in [-0.3, -0.25) is 4.57 Å². The summed E-state index contributed by atoms with van der Waals surface area (Å²) in [6.45, 7) is 0. The Morgan fingerprint density at radius 3 is 1.66 bits per heavy atom. The van der Waals surface area contributed by atoms with Gasteiger partial charge in [0.2, 0.25) is 0 Å². The van der Waals surface area contributed by atoms with Crippen LogP contribution in [0.15, 0.2) is 206 Å². The van der Waals surface area contributed by atoms with Crippen molar-refractivity contribution in [2.75, 3.05) is 0 Å². The molecule has 58 heavy (non-hydrogen) atoms. The number of hydrogen-bond acceptors (Lipinski definition) is 2. The highest BCUT2D eigenvalue weighted by Crippen LogP contribution is 2.40. The lowest BCUT2D eigenvalue weighted by atomic mass is 10.0. The van der Waals surface area contributed by atoms with Crippen LogP contribution < -0.4 is 0 Å². The van der Waals surface area contributed by atoms with Crippen LogP contribution in [0.2, 0.25) is 0 Å². The first-order chi connectivity index (χ1) is 28.8. The number of benzene rings is 9. The normalized spacial score (nSPS) is 11.8. The van der Waals surface area contributed by atoms with Gasteiger partial charge in [0.25, 0.3) is 0 Å². The van der Waals surface area contributed by atoms with Gasteiger partial charge in [-0.1, -0.05) is 158 Å². The van der Waals surface area contributed by atoms with Crippen molar-refractivity contribution in [2.45, 2.75) is 0 Å². The molecule has 0 amide bonds. The van der Waals surface area contributed by atoms with E-state index in [0.717, 1.165) is 60.9 Å². The van der Waals surface area contributed by atoms with Crippen LogP contribution in [0.3, 0.4) is 0 Å². The van der Waals surface area contributed by atoms with Gasteiger partial charge in [-0.05, 0) is 81.6 Å². The van der Waals surface area contributed by atoms with E-state index in [1.165, 1.54) is 43.7 Å². The molecule has 0 radical (unpaired) electrons. The van der Waals surface area contributed by atoms with Gasteiger partial charge in [0.05, 0.1) is 33.0 Å². The Hall–Kier alpha value is -7.82. The summed E-state index contributed by atoms with van der Waals surface area (Å²) in [5, 5.41) is 8.16. The molecule has 3 aromatic heterocycles. The Bertz CT molecular complexity index is 3540. The predicted molar refractivity (Wildman–Crippen MR) is 242 cm³/mol. The lowest BCUT2D eigenvalue weighted by molar-refractivity contribution is 1.08. The molecule has 0 unspecified atom stereocenters. The smallest absolute Gasteiger partial charge is 0.162 e. The molecule has 0 aliphatic carbocycles. The largest absolute Gasteiger partial charge is 0.309 e. The number of aromatic nitrogens is 4. The Labute approximate surface area is 334 Å². The summed E-state index contributed by atoms with van der Waals surface area (Å²) in [6.07, 6.45) is 0. The zero-order valence-electron chi connectivity index (χ0n) is 31.4. The average Bonchev–Trinajstić information content (AvgIpc) is 3.81. The fourth-order valence-corrected chi connectivity index (χ4v) is 9.00. The van der Waals surface area contributed by atoms with Gasteiger partial charge in [0, 0.05) is 32.8 Å². The highest BCUT2D eigenvalue weighted by molar-refractivity contribution is 6.15. The molecule has 0 aliphatic rings. The van der Waals surface area contributed by atoms with E-state index in [4.69, 9.17) is 9.97 Å². The van der Waals surface area contributed by atoms with Crippen molar-refractivity contribution < 1.29 is 0 Å². The van der Waals surface area contributed by atoms with Gasteiger partial charge < -0.3 is 4.57 Å². The van der Waals surface area contributed by atoms with Gasteiger partial charge in [-0.15, -0.1) is 0 Å². The summed E-state index contributed by atoms with van der Waals surface area (Å²) in [6, 6.07) is 73.8. The Morgan fingerprint density at radius 1 is 0.310 bits per heavy atom. The van der Waals surface area contributed by atoms with Crippen molar-refractivity contribution in [3.63, 3.8) is 0 Å². The number of hydrogen-bond donors (Lipinski definition) is 0. The van der Waals surface area contributed by atoms with E-state index in [1.807, 2.05) is 6.07 Å². The van der Waals surface area contributed by atoms with Crippen LogP contribution in [-0.2, 0) is 0 Å². The second kappa shape index (κ2) is 12.9. The fourth-order valence-electron chi connectivity index (χ4n) is 9.00. The molecule has 3 heterocycles. The molecule has 9 aromatic carbocycles. The van der Waals surface area contributed by atoms with Crippen LogP contribution in [-0.4, -0.2) is 19.1 Å². The van der Waals surface area contributed by atoms with Gasteiger partial charge >= 0.3 is 0 Å². The second-order valence-electron chi connectivity index (χ2n) is 15.0. The summed E-state index contributed by atoms with van der Waals surface area (Å²) < 4.78 is 4.74. The number of rotatable bonds is 5. The molecule has 0 fully saturated rings. The van der Waals surface area contributed by atoms with Crippen molar-refractivity contribution in [3.05, 3.63) is 206 Å². The molecule has 0 bridgehead atoms. The lowest BCUT2D eigenvalue weighted by Crippen LogP contribution is -2.03. The number of para-hydroxylation sites is 3. The molecule has 0 spiro atoms. The quantitative estimate of drug-likeness (QED) is 0.165. The Balaban J connectivity index is 1.10. The van der Waals surface area contributed by atoms with E-state index < -0.39 is 0 Å². The fraction of sp³-hybridized carbons (Fsp3) is 0. The highest BCUT2D eigenvalue weighted by Gasteiger charge is 2.21. The zero-order valence-corrected chi connectivity index (χ0v) is 31.4. The third kappa shape index (κ3) is 5.02. The van der Waals surface area contributed by atoms with E-state index >= 15 is 0 Å². The Kier molecular flexibility index (Phi) is 7.20. The van der Waals surface area contributed by atoms with Gasteiger partial charge in [-0.2, -0.15) is 0 Å². The van der Waals surface area contributed by atoms with Crippen molar-refractivity contribution in [3.8, 4) is 45.1 Å². The molecule has 12 rings (SSSR count). The summed E-state index contributed by atoms with van der Waals surface area (Å²) in [5.74, 6) is 1.56. The van der Waals surface area contributed by atoms with E-state index in [0.29, 0.717) is 5.82 Å². The van der Waals surface area contributed by atoms with Gasteiger partial charge in [0.15, 0.2) is 5.82 Å². The Morgan fingerprint density at radius 2 is 0.862 bits per heavy atom. The first kappa shape index (κ1) is 32.4. The van der Waals surface area contributed by atoms with Crippen LogP contribution >= 0.6 is 0 Å². The van der Waals surface area contributed by atoms with Crippen molar-refractivity contribution >= 4 is 65.3 Å². The predicted octanol–water partition coefficient (Wildman–Crippen LogP) is 14.0. The second-order valence-corrected chi connectivity index (χ2v) is 15.0. The maximum absolute atomic E-state index is 5.52. The van der Waals surface area contributed by atoms with Crippen molar-refractivity contribution in [2.24, 2.45) is 0 Å². The standard InChI is InChI=1S/C54H34N4/c1-3-13-35(14-4-1)36-23-25-38(26-24-36)53-55-47-31-28-37-15-7-8-18-42(37)52(47)54(56-53)58-49-22-12-9-19-43(49)45-30-27-40(34-51(45)58)39-29-32-50-46(33-39)44-20-10-11-21-48(44)57(50)41-16-5-2-6-17-41/h1-34H. The van der Waals surface area contributed by atoms with E-state index in [-0.39, 0.29) is 0 Å². The highest BCUT2D eigenvalue weighted by atomic mass is 15.1. The van der Waals surface area contributed by atoms with E-state index in [2.05, 4.69) is 209 Å². The third-order valence-electron chi connectivity index (χ3n) is 11.7. The molecule has 0 atom stereocenters. The topological polar surface area (TPSA) is 35.6 Å². The summed E-state index contributed by atoms with van der Waals surface area (Å²) >= 11 is 0. The van der Waals surface area contributed by atoms with Crippen LogP contribution in [0.25, 0.3) is 110 Å². The average molecular weight is 739 g/mol. The minimum Gasteiger partial charge on any atom is -0.309 e. The van der Waals surface area contributed by atoms with Crippen LogP contribution in [0.1, 0.15) is 0 Å². The van der Waals surface area contributed by atoms with Gasteiger partial charge in [0.1, 0.15) is 5.82 Å². The van der Waals surface area contributed by atoms with Crippen LogP contribution in [0.5, 0.6) is 0 Å². The molecule has 0 aliphatic heterocycles. The molecular weight excluding hydrogens is 705 g/mol. The van der Waals surface area contributed by atoms with E-state index in [1.54, 1.807) is 0 Å². The molecule has 270 valence electrons. The van der Waals surface area contributed by atoms with Crippen LogP contribution in [0, 0.1) is 0 Å². The first-order valence-corrected chi connectivity index (χ1v) is 19.7. The maximum atomic E-state index is 5.52. The minimum atomic E-state index is 0.694. The maximum Gasteiger partial charge on any atom is 0.162 e. The summed E-state index contributed by atoms with van der Waals surface area (Å²) in [5.41, 5.74) is 12.3. The number of fused-ring (bicyclic) bond motifs is 9. The molecule has 0 saturated heterocycles. The van der Waals surface area contributed by atoms with Crippen molar-refractivity contribution in [1.82, 2.24) is 19.1 Å². The SMILES string of the molecule is c1ccc(-c2ccc(-c3nc(-n4c5ccccc5c5ccc(-c6ccc7c(c6)c6ccccc6n7-c6ccccc6)cc54)c4c(ccc5ccccc54)n3)cc2)cc1. The molecule has 0 saturated carbocycles. The molecular formula is C54H34N4. The van der Waals surface area contributed by atoms with E-state index in [9.17, 15) is 0 Å².